The van der Waals surface area contributed by atoms with Crippen molar-refractivity contribution in [3.8, 4) is 5.75 Å². The highest BCUT2D eigenvalue weighted by Gasteiger charge is 2.09. The fourth-order valence-corrected chi connectivity index (χ4v) is 1.94. The molecule has 0 bridgehead atoms. The third-order valence-electron chi connectivity index (χ3n) is 2.99. The first-order valence-electron chi connectivity index (χ1n) is 6.10. The van der Waals surface area contributed by atoms with Crippen LogP contribution in [0.5, 0.6) is 5.75 Å². The van der Waals surface area contributed by atoms with Gasteiger partial charge in [0.1, 0.15) is 5.75 Å². The summed E-state index contributed by atoms with van der Waals surface area (Å²) in [6.07, 6.45) is 3.88. The highest BCUT2D eigenvalue weighted by Crippen LogP contribution is 2.23. The number of aliphatic hydroxyl groups excluding tert-OH is 1. The van der Waals surface area contributed by atoms with Gasteiger partial charge in [0.2, 0.25) is 0 Å². The number of aliphatic hydroxyl groups is 1. The molecule has 0 aromatic heterocycles. The predicted molar refractivity (Wildman–Crippen MR) is 66.4 cm³/mol. The summed E-state index contributed by atoms with van der Waals surface area (Å²) in [6, 6.07) is 6.80. The number of hydrogen-bond acceptors (Lipinski definition) is 2. The highest BCUT2D eigenvalue weighted by molar-refractivity contribution is 5.27. The first-order chi connectivity index (χ1) is 7.63. The van der Waals surface area contributed by atoms with E-state index in [4.69, 9.17) is 5.11 Å². The second-order valence-electron chi connectivity index (χ2n) is 4.58. The van der Waals surface area contributed by atoms with Gasteiger partial charge < -0.3 is 10.2 Å². The van der Waals surface area contributed by atoms with Crippen LogP contribution in [0.2, 0.25) is 0 Å². The minimum absolute atomic E-state index is 0.246. The van der Waals surface area contributed by atoms with Crippen LogP contribution in [0.1, 0.15) is 51.2 Å². The summed E-state index contributed by atoms with van der Waals surface area (Å²) in [5, 5.41) is 19.1. The van der Waals surface area contributed by atoms with E-state index in [0.717, 1.165) is 18.4 Å². The topological polar surface area (TPSA) is 40.5 Å². The van der Waals surface area contributed by atoms with Crippen molar-refractivity contribution in [1.29, 1.82) is 0 Å². The minimum atomic E-state index is -0.403. The normalized spacial score (nSPS) is 14.7. The average Bonchev–Trinajstić information content (AvgIpc) is 2.27. The lowest BCUT2D eigenvalue weighted by atomic mass is 9.96. The van der Waals surface area contributed by atoms with Crippen LogP contribution in [0, 0.1) is 5.92 Å². The Kier molecular flexibility index (Phi) is 5.33. The molecule has 0 aliphatic carbocycles. The summed E-state index contributed by atoms with van der Waals surface area (Å²) in [7, 11) is 0. The first-order valence-corrected chi connectivity index (χ1v) is 6.10. The van der Waals surface area contributed by atoms with Gasteiger partial charge in [-0.05, 0) is 36.5 Å². The van der Waals surface area contributed by atoms with Crippen LogP contribution in [0.25, 0.3) is 0 Å². The molecule has 0 amide bonds. The average molecular weight is 222 g/mol. The van der Waals surface area contributed by atoms with Gasteiger partial charge >= 0.3 is 0 Å². The van der Waals surface area contributed by atoms with Gasteiger partial charge in [0.05, 0.1) is 6.10 Å². The van der Waals surface area contributed by atoms with Crippen LogP contribution in [0.4, 0.5) is 0 Å². The Morgan fingerprint density at radius 3 is 2.25 bits per heavy atom. The summed E-state index contributed by atoms with van der Waals surface area (Å²) in [5.41, 5.74) is 0.890. The molecule has 0 heterocycles. The van der Waals surface area contributed by atoms with E-state index in [9.17, 15) is 5.11 Å². The van der Waals surface area contributed by atoms with E-state index in [-0.39, 0.29) is 5.75 Å². The van der Waals surface area contributed by atoms with E-state index in [1.165, 1.54) is 12.8 Å². The maximum Gasteiger partial charge on any atom is 0.115 e. The van der Waals surface area contributed by atoms with Crippen molar-refractivity contribution in [2.45, 2.75) is 45.6 Å². The van der Waals surface area contributed by atoms with Gasteiger partial charge in [-0.25, -0.2) is 0 Å². The molecule has 0 saturated carbocycles. The number of phenolic OH excluding ortho intramolecular Hbond substituents is 1. The number of benzene rings is 1. The second kappa shape index (κ2) is 6.54. The summed E-state index contributed by atoms with van der Waals surface area (Å²) in [5.74, 6) is 0.923. The van der Waals surface area contributed by atoms with Crippen molar-refractivity contribution >= 4 is 0 Å². The molecule has 2 N–H and O–H groups in total. The lowest BCUT2D eigenvalue weighted by molar-refractivity contribution is 0.157. The quantitative estimate of drug-likeness (QED) is 0.771. The Labute approximate surface area is 97.9 Å². The highest BCUT2D eigenvalue weighted by atomic mass is 16.3. The molecule has 1 rings (SSSR count). The Morgan fingerprint density at radius 1 is 1.06 bits per heavy atom. The molecule has 90 valence electrons. The Balaban J connectivity index is 2.40. The number of hydrogen-bond donors (Lipinski definition) is 2. The van der Waals surface area contributed by atoms with Gasteiger partial charge in [-0.2, -0.15) is 0 Å². The van der Waals surface area contributed by atoms with Crippen molar-refractivity contribution < 1.29 is 10.2 Å². The zero-order chi connectivity index (χ0) is 12.0. The molecule has 0 unspecified atom stereocenters. The standard InChI is InChI=1S/C14H22O2/c1-3-4-11(2)5-10-14(16)12-6-8-13(15)9-7-12/h6-9,11,14-16H,3-5,10H2,1-2H3/t11-,14+/m1/s1. The molecule has 2 nitrogen and oxygen atoms in total. The molecule has 1 aromatic carbocycles. The fourth-order valence-electron chi connectivity index (χ4n) is 1.94. The van der Waals surface area contributed by atoms with Crippen molar-refractivity contribution in [1.82, 2.24) is 0 Å². The molecular formula is C14H22O2. The maximum absolute atomic E-state index is 9.95. The second-order valence-corrected chi connectivity index (χ2v) is 4.58. The van der Waals surface area contributed by atoms with Crippen LogP contribution < -0.4 is 0 Å². The molecule has 1 aromatic rings. The van der Waals surface area contributed by atoms with Gasteiger partial charge in [-0.1, -0.05) is 38.8 Å². The van der Waals surface area contributed by atoms with Crippen LogP contribution >= 0.6 is 0 Å². The van der Waals surface area contributed by atoms with Gasteiger partial charge in [-0.15, -0.1) is 0 Å². The van der Waals surface area contributed by atoms with Crippen molar-refractivity contribution in [3.63, 3.8) is 0 Å². The first kappa shape index (κ1) is 13.0. The number of aromatic hydroxyl groups is 1. The molecule has 0 aliphatic rings. The zero-order valence-corrected chi connectivity index (χ0v) is 10.2. The number of phenols is 1. The third kappa shape index (κ3) is 4.23. The maximum atomic E-state index is 9.95. The summed E-state index contributed by atoms with van der Waals surface area (Å²) in [4.78, 5) is 0. The molecule has 2 heteroatoms. The molecule has 16 heavy (non-hydrogen) atoms. The van der Waals surface area contributed by atoms with E-state index in [1.54, 1.807) is 24.3 Å². The molecule has 2 atom stereocenters. The van der Waals surface area contributed by atoms with Crippen LogP contribution in [-0.2, 0) is 0 Å². The molecular weight excluding hydrogens is 200 g/mol. The summed E-state index contributed by atoms with van der Waals surface area (Å²) >= 11 is 0. The van der Waals surface area contributed by atoms with Crippen molar-refractivity contribution in [2.24, 2.45) is 5.92 Å². The van der Waals surface area contributed by atoms with E-state index in [0.29, 0.717) is 5.92 Å². The Hall–Kier alpha value is -1.02. The lowest BCUT2D eigenvalue weighted by Crippen LogP contribution is -2.01. The largest absolute Gasteiger partial charge is 0.508 e. The smallest absolute Gasteiger partial charge is 0.115 e. The molecule has 0 spiro atoms. The van der Waals surface area contributed by atoms with Crippen molar-refractivity contribution in [3.05, 3.63) is 29.8 Å². The van der Waals surface area contributed by atoms with Crippen LogP contribution in [-0.4, -0.2) is 10.2 Å². The van der Waals surface area contributed by atoms with E-state index in [2.05, 4.69) is 13.8 Å². The zero-order valence-electron chi connectivity index (χ0n) is 10.2. The molecule has 0 fully saturated rings. The number of rotatable bonds is 6. The molecule has 0 saturated heterocycles. The van der Waals surface area contributed by atoms with Crippen LogP contribution in [0.15, 0.2) is 24.3 Å². The van der Waals surface area contributed by atoms with Gasteiger partial charge in [0.25, 0.3) is 0 Å². The van der Waals surface area contributed by atoms with Gasteiger partial charge in [-0.3, -0.25) is 0 Å². The van der Waals surface area contributed by atoms with E-state index < -0.39 is 6.10 Å². The van der Waals surface area contributed by atoms with E-state index >= 15 is 0 Å². The van der Waals surface area contributed by atoms with Gasteiger partial charge in [0, 0.05) is 0 Å². The fraction of sp³-hybridized carbons (Fsp3) is 0.571. The third-order valence-corrected chi connectivity index (χ3v) is 2.99. The van der Waals surface area contributed by atoms with Gasteiger partial charge in [0.15, 0.2) is 0 Å². The van der Waals surface area contributed by atoms with Crippen molar-refractivity contribution in [2.75, 3.05) is 0 Å². The lowest BCUT2D eigenvalue weighted by Gasteiger charge is -2.14. The predicted octanol–water partition coefficient (Wildman–Crippen LogP) is 3.64. The summed E-state index contributed by atoms with van der Waals surface area (Å²) < 4.78 is 0. The Bertz CT molecular complexity index is 292. The van der Waals surface area contributed by atoms with E-state index in [1.807, 2.05) is 0 Å². The monoisotopic (exact) mass is 222 g/mol. The minimum Gasteiger partial charge on any atom is -0.508 e. The Morgan fingerprint density at radius 2 is 1.69 bits per heavy atom. The van der Waals surface area contributed by atoms with Crippen LogP contribution in [0.3, 0.4) is 0 Å². The SMILES string of the molecule is CCC[C@@H](C)CC[C@H](O)c1ccc(O)cc1. The molecule has 0 aliphatic heterocycles. The summed E-state index contributed by atoms with van der Waals surface area (Å²) in [6.45, 7) is 4.42. The molecule has 0 radical (unpaired) electrons.